The van der Waals surface area contributed by atoms with Gasteiger partial charge in [-0.3, -0.25) is 4.79 Å². The summed E-state index contributed by atoms with van der Waals surface area (Å²) >= 11 is 0. The lowest BCUT2D eigenvalue weighted by Gasteiger charge is -2.07. The standard InChI is InChI=1S/C20H22N2O2/c1-15-5-4-6-17(13-15)24-12-10-20(23)21-11-9-16-14-22-19-8-3-2-7-18(16)19/h2-8,13-14,22H,9-12H2,1H3,(H,21,23). The average molecular weight is 322 g/mol. The van der Waals surface area contributed by atoms with Crippen molar-refractivity contribution in [1.29, 1.82) is 0 Å². The number of hydrogen-bond acceptors (Lipinski definition) is 2. The van der Waals surface area contributed by atoms with Crippen LogP contribution in [0.25, 0.3) is 10.9 Å². The van der Waals surface area contributed by atoms with Gasteiger partial charge in [-0.25, -0.2) is 0 Å². The first kappa shape index (κ1) is 16.1. The number of fused-ring (bicyclic) bond motifs is 1. The third-order valence-corrected chi connectivity index (χ3v) is 3.98. The number of benzene rings is 2. The molecule has 24 heavy (non-hydrogen) atoms. The van der Waals surface area contributed by atoms with Gasteiger partial charge < -0.3 is 15.0 Å². The topological polar surface area (TPSA) is 54.1 Å². The number of aromatic amines is 1. The molecule has 0 saturated carbocycles. The van der Waals surface area contributed by atoms with Crippen molar-refractivity contribution in [3.05, 3.63) is 65.9 Å². The Bertz CT molecular complexity index is 823. The Morgan fingerprint density at radius 1 is 1.17 bits per heavy atom. The van der Waals surface area contributed by atoms with Crippen molar-refractivity contribution in [3.63, 3.8) is 0 Å². The molecule has 4 nitrogen and oxygen atoms in total. The van der Waals surface area contributed by atoms with Crippen molar-refractivity contribution in [3.8, 4) is 5.75 Å². The molecule has 0 spiro atoms. The van der Waals surface area contributed by atoms with E-state index in [4.69, 9.17) is 4.74 Å². The summed E-state index contributed by atoms with van der Waals surface area (Å²) in [6.45, 7) is 3.04. The van der Waals surface area contributed by atoms with Crippen LogP contribution in [0.4, 0.5) is 0 Å². The molecular formula is C20H22N2O2. The molecule has 1 amide bonds. The number of aryl methyl sites for hydroxylation is 1. The quantitative estimate of drug-likeness (QED) is 0.698. The van der Waals surface area contributed by atoms with Crippen LogP contribution in [-0.4, -0.2) is 24.0 Å². The zero-order valence-electron chi connectivity index (χ0n) is 13.8. The number of rotatable bonds is 7. The van der Waals surface area contributed by atoms with Gasteiger partial charge in [-0.2, -0.15) is 0 Å². The number of carbonyl (C=O) groups is 1. The molecule has 1 aromatic heterocycles. The van der Waals surface area contributed by atoms with Gasteiger partial charge in [0.25, 0.3) is 0 Å². The smallest absolute Gasteiger partial charge is 0.223 e. The second-order valence-corrected chi connectivity index (χ2v) is 5.87. The van der Waals surface area contributed by atoms with Crippen LogP contribution in [0, 0.1) is 6.92 Å². The lowest BCUT2D eigenvalue weighted by atomic mass is 10.1. The minimum Gasteiger partial charge on any atom is -0.493 e. The van der Waals surface area contributed by atoms with Gasteiger partial charge in [-0.15, -0.1) is 0 Å². The maximum atomic E-state index is 11.9. The summed E-state index contributed by atoms with van der Waals surface area (Å²) in [5, 5.41) is 4.17. The number of H-pyrrole nitrogens is 1. The second-order valence-electron chi connectivity index (χ2n) is 5.87. The maximum absolute atomic E-state index is 11.9. The monoisotopic (exact) mass is 322 g/mol. The molecule has 0 aliphatic carbocycles. The van der Waals surface area contributed by atoms with Gasteiger partial charge in [0.05, 0.1) is 13.0 Å². The molecule has 0 radical (unpaired) electrons. The van der Waals surface area contributed by atoms with E-state index in [0.717, 1.165) is 23.3 Å². The molecule has 1 heterocycles. The van der Waals surface area contributed by atoms with E-state index in [1.807, 2.05) is 49.5 Å². The van der Waals surface area contributed by atoms with Crippen LogP contribution < -0.4 is 10.1 Å². The number of hydrogen-bond donors (Lipinski definition) is 2. The van der Waals surface area contributed by atoms with Crippen molar-refractivity contribution >= 4 is 16.8 Å². The zero-order chi connectivity index (χ0) is 16.8. The Hall–Kier alpha value is -2.75. The third-order valence-electron chi connectivity index (χ3n) is 3.98. The van der Waals surface area contributed by atoms with Crippen molar-refractivity contribution in [2.45, 2.75) is 19.8 Å². The fourth-order valence-electron chi connectivity index (χ4n) is 2.73. The lowest BCUT2D eigenvalue weighted by Crippen LogP contribution is -2.27. The van der Waals surface area contributed by atoms with Crippen LogP contribution in [0.1, 0.15) is 17.5 Å². The number of nitrogens with one attached hydrogen (secondary N) is 2. The zero-order valence-corrected chi connectivity index (χ0v) is 13.8. The molecule has 3 rings (SSSR count). The minimum absolute atomic E-state index is 0.0162. The van der Waals surface area contributed by atoms with Crippen molar-refractivity contribution in [2.24, 2.45) is 0 Å². The van der Waals surface area contributed by atoms with Gasteiger partial charge in [0.15, 0.2) is 0 Å². The van der Waals surface area contributed by atoms with E-state index >= 15 is 0 Å². The molecule has 2 N–H and O–H groups in total. The third kappa shape index (κ3) is 4.16. The van der Waals surface area contributed by atoms with Gasteiger partial charge in [-0.05, 0) is 42.7 Å². The molecule has 0 saturated heterocycles. The molecule has 0 aliphatic heterocycles. The first-order valence-corrected chi connectivity index (χ1v) is 8.23. The van der Waals surface area contributed by atoms with Gasteiger partial charge >= 0.3 is 0 Å². The Kier molecular flexibility index (Phi) is 5.16. The Balaban J connectivity index is 1.40. The molecule has 3 aromatic rings. The highest BCUT2D eigenvalue weighted by Crippen LogP contribution is 2.17. The molecule has 0 unspecified atom stereocenters. The summed E-state index contributed by atoms with van der Waals surface area (Å²) in [6.07, 6.45) is 3.19. The minimum atomic E-state index is 0.0162. The van der Waals surface area contributed by atoms with Gasteiger partial charge in [0.2, 0.25) is 5.91 Å². The largest absolute Gasteiger partial charge is 0.493 e. The number of para-hydroxylation sites is 1. The molecule has 0 fully saturated rings. The molecule has 2 aromatic carbocycles. The Morgan fingerprint density at radius 2 is 2.04 bits per heavy atom. The number of carbonyl (C=O) groups excluding carboxylic acids is 1. The van der Waals surface area contributed by atoms with Crippen molar-refractivity contribution in [2.75, 3.05) is 13.2 Å². The van der Waals surface area contributed by atoms with Crippen LogP contribution in [0.3, 0.4) is 0 Å². The van der Waals surface area contributed by atoms with E-state index in [-0.39, 0.29) is 5.91 Å². The summed E-state index contributed by atoms with van der Waals surface area (Å²) in [7, 11) is 0. The van der Waals surface area contributed by atoms with Gasteiger partial charge in [0.1, 0.15) is 5.75 Å². The normalized spacial score (nSPS) is 10.7. The Labute approximate surface area is 141 Å². The van der Waals surface area contributed by atoms with E-state index in [1.165, 1.54) is 10.9 Å². The van der Waals surface area contributed by atoms with Crippen molar-refractivity contribution in [1.82, 2.24) is 10.3 Å². The molecule has 0 aliphatic rings. The number of aromatic nitrogens is 1. The predicted octanol–water partition coefficient (Wildman–Crippen LogP) is 3.60. The van der Waals surface area contributed by atoms with Crippen LogP contribution in [0.15, 0.2) is 54.7 Å². The van der Waals surface area contributed by atoms with E-state index in [1.54, 1.807) is 0 Å². The van der Waals surface area contributed by atoms with Crippen LogP contribution in [0.2, 0.25) is 0 Å². The maximum Gasteiger partial charge on any atom is 0.223 e. The first-order chi connectivity index (χ1) is 11.7. The van der Waals surface area contributed by atoms with E-state index in [2.05, 4.69) is 22.4 Å². The van der Waals surface area contributed by atoms with Crippen LogP contribution in [-0.2, 0) is 11.2 Å². The summed E-state index contributed by atoms with van der Waals surface area (Å²) in [5.74, 6) is 0.823. The fourth-order valence-corrected chi connectivity index (χ4v) is 2.73. The summed E-state index contributed by atoms with van der Waals surface area (Å²) in [5.41, 5.74) is 3.50. The summed E-state index contributed by atoms with van der Waals surface area (Å²) < 4.78 is 5.60. The number of amides is 1. The van der Waals surface area contributed by atoms with E-state index in [9.17, 15) is 4.79 Å². The summed E-state index contributed by atoms with van der Waals surface area (Å²) in [6, 6.07) is 16.0. The highest BCUT2D eigenvalue weighted by molar-refractivity contribution is 5.83. The molecule has 0 bridgehead atoms. The van der Waals surface area contributed by atoms with Crippen LogP contribution >= 0.6 is 0 Å². The van der Waals surface area contributed by atoms with E-state index in [0.29, 0.717) is 19.6 Å². The van der Waals surface area contributed by atoms with Gasteiger partial charge in [-0.1, -0.05) is 30.3 Å². The Morgan fingerprint density at radius 3 is 2.92 bits per heavy atom. The predicted molar refractivity (Wildman–Crippen MR) is 96.3 cm³/mol. The van der Waals surface area contributed by atoms with Crippen molar-refractivity contribution < 1.29 is 9.53 Å². The SMILES string of the molecule is Cc1cccc(OCCC(=O)NCCc2c[nH]c3ccccc23)c1. The molecule has 4 heteroatoms. The fraction of sp³-hybridized carbons (Fsp3) is 0.250. The molecule has 0 atom stereocenters. The second kappa shape index (κ2) is 7.68. The summed E-state index contributed by atoms with van der Waals surface area (Å²) in [4.78, 5) is 15.1. The lowest BCUT2D eigenvalue weighted by molar-refractivity contribution is -0.121. The molecule has 124 valence electrons. The van der Waals surface area contributed by atoms with Crippen LogP contribution in [0.5, 0.6) is 5.75 Å². The van der Waals surface area contributed by atoms with Gasteiger partial charge in [0, 0.05) is 23.6 Å². The highest BCUT2D eigenvalue weighted by Gasteiger charge is 2.05. The average Bonchev–Trinajstić information content (AvgIpc) is 2.98. The number of ether oxygens (including phenoxy) is 1. The highest BCUT2D eigenvalue weighted by atomic mass is 16.5. The van der Waals surface area contributed by atoms with E-state index < -0.39 is 0 Å². The first-order valence-electron chi connectivity index (χ1n) is 8.23. The molecular weight excluding hydrogens is 300 g/mol.